The second-order valence-electron chi connectivity index (χ2n) is 6.75. The maximum absolute atomic E-state index is 12.8. The van der Waals surface area contributed by atoms with Crippen LogP contribution in [0, 0.1) is 11.8 Å². The molecule has 4 atom stereocenters. The van der Waals surface area contributed by atoms with Crippen LogP contribution >= 0.6 is 0 Å². The minimum absolute atomic E-state index is 0.0398. The summed E-state index contributed by atoms with van der Waals surface area (Å²) in [6.45, 7) is 3.62. The van der Waals surface area contributed by atoms with Crippen molar-refractivity contribution in [3.63, 3.8) is 0 Å². The third kappa shape index (κ3) is 3.26. The number of carbonyl (C=O) groups is 1. The molecule has 1 heterocycles. The van der Waals surface area contributed by atoms with Crippen molar-refractivity contribution in [2.24, 2.45) is 11.8 Å². The fraction of sp³-hybridized carbons (Fsp3) is 0.500. The average molecular weight is 340 g/mol. The minimum Gasteiger partial charge on any atom is -0.299 e. The molecule has 6 heteroatoms. The maximum Gasteiger partial charge on any atom is 0.416 e. The molecule has 3 rings (SSSR count). The van der Waals surface area contributed by atoms with Gasteiger partial charge in [0, 0.05) is 18.3 Å². The molecule has 2 fully saturated rings. The number of hydrogen-bond acceptors (Lipinski definition) is 3. The first-order chi connectivity index (χ1) is 11.2. The van der Waals surface area contributed by atoms with Crippen LogP contribution in [0.15, 0.2) is 30.3 Å². The number of hydrogen-bond donors (Lipinski definition) is 0. The quantitative estimate of drug-likeness (QED) is 0.748. The lowest BCUT2D eigenvalue weighted by Crippen LogP contribution is -2.51. The Morgan fingerprint density at radius 2 is 2.08 bits per heavy atom. The van der Waals surface area contributed by atoms with Crippen molar-refractivity contribution in [2.75, 3.05) is 0 Å². The largest absolute Gasteiger partial charge is 0.416 e. The van der Waals surface area contributed by atoms with Crippen molar-refractivity contribution in [3.05, 3.63) is 41.5 Å². The molecule has 130 valence electrons. The summed E-state index contributed by atoms with van der Waals surface area (Å²) in [6.07, 6.45) is -0.252. The van der Waals surface area contributed by atoms with Gasteiger partial charge in [0.1, 0.15) is 17.5 Å². The standard InChI is InChI=1S/C18H19F3O3/c1-11-15(22)9-14-10-16(11)23-24-17(14,2)7-6-12-4-3-5-13(8-12)18(19,20)21/h3-8,11,14,16H,9-10H2,1-2H3/b7-6+. The molecule has 0 N–H and O–H groups in total. The van der Waals surface area contributed by atoms with E-state index >= 15 is 0 Å². The van der Waals surface area contributed by atoms with Crippen LogP contribution in [-0.2, 0) is 20.7 Å². The summed E-state index contributed by atoms with van der Waals surface area (Å²) in [5.41, 5.74) is -1.11. The number of rotatable bonds is 2. The molecule has 2 bridgehead atoms. The van der Waals surface area contributed by atoms with Gasteiger partial charge in [0.2, 0.25) is 0 Å². The molecule has 1 saturated heterocycles. The van der Waals surface area contributed by atoms with Gasteiger partial charge in [-0.05, 0) is 37.1 Å². The molecule has 0 radical (unpaired) electrons. The highest BCUT2D eigenvalue weighted by atomic mass is 19.4. The van der Waals surface area contributed by atoms with Crippen LogP contribution in [0.2, 0.25) is 0 Å². The molecule has 1 aliphatic carbocycles. The number of Topliss-reactive ketones (excluding diaryl/α,β-unsaturated/α-hetero) is 1. The lowest BCUT2D eigenvalue weighted by Gasteiger charge is -2.45. The van der Waals surface area contributed by atoms with E-state index in [-0.39, 0.29) is 23.7 Å². The zero-order valence-electron chi connectivity index (χ0n) is 13.5. The van der Waals surface area contributed by atoms with Crippen LogP contribution in [0.25, 0.3) is 6.08 Å². The topological polar surface area (TPSA) is 35.5 Å². The lowest BCUT2D eigenvalue weighted by molar-refractivity contribution is -0.415. The fourth-order valence-corrected chi connectivity index (χ4v) is 3.24. The molecule has 1 aliphatic heterocycles. The highest BCUT2D eigenvalue weighted by Crippen LogP contribution is 2.43. The summed E-state index contributed by atoms with van der Waals surface area (Å²) in [7, 11) is 0. The summed E-state index contributed by atoms with van der Waals surface area (Å²) >= 11 is 0. The summed E-state index contributed by atoms with van der Waals surface area (Å²) < 4.78 is 38.3. The summed E-state index contributed by atoms with van der Waals surface area (Å²) in [6, 6.07) is 5.08. The van der Waals surface area contributed by atoms with E-state index in [1.807, 2.05) is 6.92 Å². The molecule has 3 nitrogen and oxygen atoms in total. The van der Waals surface area contributed by atoms with Crippen molar-refractivity contribution >= 4 is 11.9 Å². The molecule has 1 aromatic rings. The van der Waals surface area contributed by atoms with Gasteiger partial charge >= 0.3 is 6.18 Å². The van der Waals surface area contributed by atoms with Gasteiger partial charge < -0.3 is 0 Å². The van der Waals surface area contributed by atoms with E-state index in [9.17, 15) is 18.0 Å². The Kier molecular flexibility index (Phi) is 4.30. The van der Waals surface area contributed by atoms with E-state index in [4.69, 9.17) is 9.78 Å². The third-order valence-electron chi connectivity index (χ3n) is 5.01. The smallest absolute Gasteiger partial charge is 0.299 e. The lowest BCUT2D eigenvalue weighted by atomic mass is 9.71. The Bertz CT molecular complexity index is 668. The first kappa shape index (κ1) is 17.2. The number of ketones is 1. The van der Waals surface area contributed by atoms with E-state index in [0.717, 1.165) is 12.1 Å². The molecule has 2 aliphatic rings. The maximum atomic E-state index is 12.8. The van der Waals surface area contributed by atoms with Crippen molar-refractivity contribution in [1.29, 1.82) is 0 Å². The second-order valence-corrected chi connectivity index (χ2v) is 6.75. The Labute approximate surface area is 138 Å². The van der Waals surface area contributed by atoms with Crippen molar-refractivity contribution in [1.82, 2.24) is 0 Å². The van der Waals surface area contributed by atoms with E-state index in [0.29, 0.717) is 18.4 Å². The first-order valence-electron chi connectivity index (χ1n) is 7.93. The van der Waals surface area contributed by atoms with Crippen LogP contribution < -0.4 is 0 Å². The van der Waals surface area contributed by atoms with E-state index in [1.54, 1.807) is 25.1 Å². The molecule has 1 aromatic carbocycles. The number of alkyl halides is 3. The normalized spacial score (nSPS) is 33.9. The second kappa shape index (κ2) is 6.01. The molecule has 0 amide bonds. The van der Waals surface area contributed by atoms with Crippen LogP contribution in [0.4, 0.5) is 13.2 Å². The number of halogens is 3. The molecule has 1 saturated carbocycles. The van der Waals surface area contributed by atoms with Gasteiger partial charge in [-0.25, -0.2) is 9.78 Å². The van der Waals surface area contributed by atoms with Crippen molar-refractivity contribution in [2.45, 2.75) is 44.6 Å². The van der Waals surface area contributed by atoms with E-state index < -0.39 is 17.3 Å². The predicted octanol–water partition coefficient (Wildman–Crippen LogP) is 4.42. The van der Waals surface area contributed by atoms with E-state index in [1.165, 1.54) is 6.07 Å². The SMILES string of the molecule is CC1C(=O)CC2CC1OOC2(C)/C=C/c1cccc(C(F)(F)F)c1. The molecule has 4 unspecified atom stereocenters. The van der Waals surface area contributed by atoms with Crippen molar-refractivity contribution in [3.8, 4) is 0 Å². The van der Waals surface area contributed by atoms with Crippen LogP contribution in [0.1, 0.15) is 37.8 Å². The molecular formula is C18H19F3O3. The van der Waals surface area contributed by atoms with Gasteiger partial charge in [-0.2, -0.15) is 13.2 Å². The van der Waals surface area contributed by atoms with Gasteiger partial charge in [-0.15, -0.1) is 0 Å². The fourth-order valence-electron chi connectivity index (χ4n) is 3.24. The Hall–Kier alpha value is -1.66. The molecule has 0 spiro atoms. The molecular weight excluding hydrogens is 321 g/mol. The predicted molar refractivity (Wildman–Crippen MR) is 81.7 cm³/mol. The van der Waals surface area contributed by atoms with Crippen LogP contribution in [-0.4, -0.2) is 17.5 Å². The summed E-state index contributed by atoms with van der Waals surface area (Å²) in [4.78, 5) is 22.9. The summed E-state index contributed by atoms with van der Waals surface area (Å²) in [5, 5.41) is 0. The monoisotopic (exact) mass is 340 g/mol. The van der Waals surface area contributed by atoms with E-state index in [2.05, 4.69) is 0 Å². The number of benzene rings is 1. The first-order valence-corrected chi connectivity index (χ1v) is 7.93. The Morgan fingerprint density at radius 3 is 2.79 bits per heavy atom. The molecule has 24 heavy (non-hydrogen) atoms. The Morgan fingerprint density at radius 1 is 1.33 bits per heavy atom. The van der Waals surface area contributed by atoms with Crippen molar-refractivity contribution < 1.29 is 27.7 Å². The van der Waals surface area contributed by atoms with Gasteiger partial charge in [-0.1, -0.05) is 25.1 Å². The van der Waals surface area contributed by atoms with Gasteiger partial charge in [0.05, 0.1) is 5.56 Å². The van der Waals surface area contributed by atoms with Gasteiger partial charge in [0.15, 0.2) is 0 Å². The average Bonchev–Trinajstić information content (AvgIpc) is 2.53. The highest BCUT2D eigenvalue weighted by molar-refractivity contribution is 5.82. The molecule has 0 aromatic heterocycles. The third-order valence-corrected chi connectivity index (χ3v) is 5.01. The number of fused-ring (bicyclic) bond motifs is 2. The summed E-state index contributed by atoms with van der Waals surface area (Å²) in [5.74, 6) is -0.0847. The van der Waals surface area contributed by atoms with Gasteiger partial charge in [0.25, 0.3) is 0 Å². The Balaban J connectivity index is 1.80. The van der Waals surface area contributed by atoms with Gasteiger partial charge in [-0.3, -0.25) is 4.79 Å². The minimum atomic E-state index is -4.38. The van der Waals surface area contributed by atoms with Crippen LogP contribution in [0.3, 0.4) is 0 Å². The zero-order valence-corrected chi connectivity index (χ0v) is 13.5. The van der Waals surface area contributed by atoms with Crippen LogP contribution in [0.5, 0.6) is 0 Å². The highest BCUT2D eigenvalue weighted by Gasteiger charge is 2.48. The number of carbonyl (C=O) groups excluding carboxylic acids is 1. The zero-order chi connectivity index (χ0) is 17.5.